The number of phenols is 1. The number of aromatic hydroxyl groups is 1. The zero-order valence-corrected chi connectivity index (χ0v) is 15.1. The molecule has 2 aromatic carbocycles. The predicted molar refractivity (Wildman–Crippen MR) is 99.0 cm³/mol. The fourth-order valence-electron chi connectivity index (χ4n) is 2.73. The smallest absolute Gasteiger partial charge is 0.341 e. The van der Waals surface area contributed by atoms with Crippen molar-refractivity contribution in [2.75, 3.05) is 30.5 Å². The molecule has 0 aromatic heterocycles. The molecule has 1 aliphatic rings. The van der Waals surface area contributed by atoms with Crippen molar-refractivity contribution in [3.8, 4) is 11.5 Å². The first kappa shape index (κ1) is 19.6. The molecule has 0 aliphatic carbocycles. The van der Waals surface area contributed by atoms with E-state index in [9.17, 15) is 29.6 Å². The highest BCUT2D eigenvalue weighted by atomic mass is 16.6. The number of ether oxygens (including phenoxy) is 2. The number of non-ortho nitro benzene ring substituents is 1. The Bertz CT molecular complexity index is 1020. The molecule has 29 heavy (non-hydrogen) atoms. The van der Waals surface area contributed by atoms with Crippen LogP contribution >= 0.6 is 0 Å². The number of fused-ring (bicyclic) bond motifs is 1. The van der Waals surface area contributed by atoms with Gasteiger partial charge in [-0.2, -0.15) is 0 Å². The van der Waals surface area contributed by atoms with E-state index in [1.165, 1.54) is 30.3 Å². The lowest BCUT2D eigenvalue weighted by atomic mass is 10.1. The van der Waals surface area contributed by atoms with E-state index in [4.69, 9.17) is 4.74 Å². The summed E-state index contributed by atoms with van der Waals surface area (Å²) >= 11 is 0. The van der Waals surface area contributed by atoms with Crippen LogP contribution in [0.15, 0.2) is 36.4 Å². The number of phenolic OH excluding ortho intramolecular Hbond substituents is 1. The molecule has 2 amide bonds. The van der Waals surface area contributed by atoms with Gasteiger partial charge >= 0.3 is 5.97 Å². The second-order valence-corrected chi connectivity index (χ2v) is 5.92. The van der Waals surface area contributed by atoms with Crippen molar-refractivity contribution >= 4 is 34.8 Å². The SMILES string of the molecule is COC(=O)c1cccc(NC(=O)CN2C(=O)COc3ccc([N+](=O)[O-])cc32)c1O. The highest BCUT2D eigenvalue weighted by Crippen LogP contribution is 2.35. The van der Waals surface area contributed by atoms with Crippen LogP contribution in [0.2, 0.25) is 0 Å². The minimum Gasteiger partial charge on any atom is -0.505 e. The molecule has 11 nitrogen and oxygen atoms in total. The van der Waals surface area contributed by atoms with Crippen LogP contribution < -0.4 is 15.0 Å². The zero-order valence-electron chi connectivity index (χ0n) is 15.1. The van der Waals surface area contributed by atoms with Gasteiger partial charge in [0, 0.05) is 12.1 Å². The number of benzene rings is 2. The number of para-hydroxylation sites is 1. The summed E-state index contributed by atoms with van der Waals surface area (Å²) in [4.78, 5) is 47.7. The van der Waals surface area contributed by atoms with E-state index in [1.807, 2.05) is 0 Å². The van der Waals surface area contributed by atoms with Crippen LogP contribution in [0, 0.1) is 10.1 Å². The molecular formula is C18H15N3O8. The van der Waals surface area contributed by atoms with Crippen LogP contribution in [-0.4, -0.2) is 48.1 Å². The second-order valence-electron chi connectivity index (χ2n) is 5.92. The number of hydrogen-bond donors (Lipinski definition) is 2. The van der Waals surface area contributed by atoms with Gasteiger partial charge in [0.25, 0.3) is 11.6 Å². The molecule has 0 saturated carbocycles. The summed E-state index contributed by atoms with van der Waals surface area (Å²) in [5.74, 6) is -2.32. The lowest BCUT2D eigenvalue weighted by molar-refractivity contribution is -0.384. The summed E-state index contributed by atoms with van der Waals surface area (Å²) in [5.41, 5.74) is -0.388. The Morgan fingerprint density at radius 1 is 1.34 bits per heavy atom. The van der Waals surface area contributed by atoms with Crippen LogP contribution in [0.5, 0.6) is 11.5 Å². The highest BCUT2D eigenvalue weighted by molar-refractivity contribution is 6.06. The number of carbonyl (C=O) groups is 3. The number of nitro benzene ring substituents is 1. The van der Waals surface area contributed by atoms with E-state index in [2.05, 4.69) is 10.1 Å². The van der Waals surface area contributed by atoms with Gasteiger partial charge in [-0.05, 0) is 18.2 Å². The summed E-state index contributed by atoms with van der Waals surface area (Å²) in [6.45, 7) is -0.820. The number of nitro groups is 1. The van der Waals surface area contributed by atoms with Gasteiger partial charge in [0.05, 0.1) is 23.4 Å². The number of nitrogens with one attached hydrogen (secondary N) is 1. The quantitative estimate of drug-likeness (QED) is 0.331. The van der Waals surface area contributed by atoms with Gasteiger partial charge in [0.1, 0.15) is 17.9 Å². The largest absolute Gasteiger partial charge is 0.505 e. The number of rotatable bonds is 5. The maximum absolute atomic E-state index is 12.5. The number of carbonyl (C=O) groups excluding carboxylic acids is 3. The van der Waals surface area contributed by atoms with Crippen molar-refractivity contribution in [3.05, 3.63) is 52.1 Å². The first-order valence-electron chi connectivity index (χ1n) is 8.23. The maximum Gasteiger partial charge on any atom is 0.341 e. The molecule has 1 heterocycles. The molecule has 11 heteroatoms. The van der Waals surface area contributed by atoms with Crippen molar-refractivity contribution in [2.45, 2.75) is 0 Å². The average Bonchev–Trinajstić information content (AvgIpc) is 2.70. The van der Waals surface area contributed by atoms with Crippen LogP contribution in [0.3, 0.4) is 0 Å². The fourth-order valence-corrected chi connectivity index (χ4v) is 2.73. The summed E-state index contributed by atoms with van der Waals surface area (Å²) in [5, 5.41) is 23.6. The number of nitrogens with zero attached hydrogens (tertiary/aromatic N) is 2. The molecule has 0 fully saturated rings. The third-order valence-electron chi connectivity index (χ3n) is 4.11. The standard InChI is InChI=1S/C18H15N3O8/c1-28-18(25)11-3-2-4-12(17(11)24)19-15(22)8-20-13-7-10(21(26)27)5-6-14(13)29-9-16(20)23/h2-7,24H,8-9H2,1H3,(H,19,22). The van der Waals surface area contributed by atoms with Crippen LogP contribution in [-0.2, 0) is 14.3 Å². The Labute approximate surface area is 163 Å². The van der Waals surface area contributed by atoms with Crippen molar-refractivity contribution < 1.29 is 33.9 Å². The summed E-state index contributed by atoms with van der Waals surface area (Å²) in [7, 11) is 1.15. The topological polar surface area (TPSA) is 148 Å². The molecule has 0 atom stereocenters. The Morgan fingerprint density at radius 2 is 2.10 bits per heavy atom. The van der Waals surface area contributed by atoms with Crippen molar-refractivity contribution in [2.24, 2.45) is 0 Å². The molecular weight excluding hydrogens is 386 g/mol. The van der Waals surface area contributed by atoms with Gasteiger partial charge in [0.15, 0.2) is 12.4 Å². The first-order chi connectivity index (χ1) is 13.8. The Kier molecular flexibility index (Phi) is 5.30. The van der Waals surface area contributed by atoms with Crippen LogP contribution in [0.4, 0.5) is 17.1 Å². The van der Waals surface area contributed by atoms with Gasteiger partial charge in [-0.1, -0.05) is 6.07 Å². The van der Waals surface area contributed by atoms with Gasteiger partial charge in [0.2, 0.25) is 5.91 Å². The fraction of sp³-hybridized carbons (Fsp3) is 0.167. The van der Waals surface area contributed by atoms with Gasteiger partial charge < -0.3 is 19.9 Å². The number of anilines is 2. The zero-order chi connectivity index (χ0) is 21.1. The molecule has 2 aromatic rings. The van der Waals surface area contributed by atoms with E-state index in [0.29, 0.717) is 0 Å². The van der Waals surface area contributed by atoms with Crippen molar-refractivity contribution in [1.82, 2.24) is 0 Å². The number of methoxy groups -OCH3 is 1. The molecule has 0 radical (unpaired) electrons. The predicted octanol–water partition coefficient (Wildman–Crippen LogP) is 1.45. The monoisotopic (exact) mass is 401 g/mol. The molecule has 0 unspecified atom stereocenters. The first-order valence-corrected chi connectivity index (χ1v) is 8.23. The normalized spacial score (nSPS) is 12.6. The van der Waals surface area contributed by atoms with E-state index in [-0.39, 0.29) is 35.0 Å². The van der Waals surface area contributed by atoms with Gasteiger partial charge in [-0.15, -0.1) is 0 Å². The van der Waals surface area contributed by atoms with Crippen molar-refractivity contribution in [1.29, 1.82) is 0 Å². The third kappa shape index (κ3) is 3.93. The van der Waals surface area contributed by atoms with E-state index in [0.717, 1.165) is 18.1 Å². The molecule has 0 bridgehead atoms. The molecule has 0 spiro atoms. The molecule has 2 N–H and O–H groups in total. The summed E-state index contributed by atoms with van der Waals surface area (Å²) < 4.78 is 9.79. The van der Waals surface area contributed by atoms with Gasteiger partial charge in [-0.25, -0.2) is 4.79 Å². The molecule has 1 aliphatic heterocycles. The highest BCUT2D eigenvalue weighted by Gasteiger charge is 2.29. The summed E-state index contributed by atoms with van der Waals surface area (Å²) in [6.07, 6.45) is 0. The van der Waals surface area contributed by atoms with Crippen molar-refractivity contribution in [3.63, 3.8) is 0 Å². The van der Waals surface area contributed by atoms with Gasteiger partial charge in [-0.3, -0.25) is 24.6 Å². The van der Waals surface area contributed by atoms with Crippen LogP contribution in [0.25, 0.3) is 0 Å². The molecule has 0 saturated heterocycles. The Morgan fingerprint density at radius 3 is 2.79 bits per heavy atom. The lowest BCUT2D eigenvalue weighted by Gasteiger charge is -2.28. The number of esters is 1. The van der Waals surface area contributed by atoms with E-state index >= 15 is 0 Å². The Hall–Kier alpha value is -4.15. The number of amides is 2. The lowest BCUT2D eigenvalue weighted by Crippen LogP contribution is -2.43. The van der Waals surface area contributed by atoms with E-state index in [1.54, 1.807) is 0 Å². The summed E-state index contributed by atoms with van der Waals surface area (Å²) in [6, 6.07) is 7.81. The van der Waals surface area contributed by atoms with Crippen LogP contribution in [0.1, 0.15) is 10.4 Å². The average molecular weight is 401 g/mol. The number of hydrogen-bond acceptors (Lipinski definition) is 8. The second kappa shape index (κ2) is 7.84. The third-order valence-corrected chi connectivity index (χ3v) is 4.11. The van der Waals surface area contributed by atoms with E-state index < -0.39 is 35.0 Å². The maximum atomic E-state index is 12.5. The minimum absolute atomic E-state index is 0.0575. The minimum atomic E-state index is -0.789. The molecule has 150 valence electrons. The molecule has 3 rings (SSSR count). The Balaban J connectivity index is 1.83.